The van der Waals surface area contributed by atoms with Gasteiger partial charge in [-0.1, -0.05) is 12.1 Å². The van der Waals surface area contributed by atoms with Crippen LogP contribution in [0.25, 0.3) is 11.0 Å². The van der Waals surface area contributed by atoms with Gasteiger partial charge in [-0.05, 0) is 56.0 Å². The van der Waals surface area contributed by atoms with E-state index in [2.05, 4.69) is 15.6 Å². The minimum absolute atomic E-state index is 0.0199. The van der Waals surface area contributed by atoms with Gasteiger partial charge in [0.1, 0.15) is 16.9 Å². The van der Waals surface area contributed by atoms with E-state index in [-0.39, 0.29) is 50.2 Å². The van der Waals surface area contributed by atoms with Crippen molar-refractivity contribution in [2.75, 3.05) is 26.8 Å². The number of ether oxygens (including phenoxy) is 2. The van der Waals surface area contributed by atoms with Crippen LogP contribution in [0.3, 0.4) is 0 Å². The molecule has 0 saturated carbocycles. The monoisotopic (exact) mass is 514 g/mol. The third-order valence-electron chi connectivity index (χ3n) is 5.49. The zero-order valence-corrected chi connectivity index (χ0v) is 21.0. The number of benzene rings is 1. The van der Waals surface area contributed by atoms with Crippen LogP contribution < -0.4 is 16.2 Å². The first kappa shape index (κ1) is 27.6. The Kier molecular flexibility index (Phi) is 9.56. The first-order valence-electron chi connectivity index (χ1n) is 11.9. The number of carbonyl (C=O) groups excluding carboxylic acids is 2. The van der Waals surface area contributed by atoms with Crippen LogP contribution in [0.1, 0.15) is 41.8 Å². The summed E-state index contributed by atoms with van der Waals surface area (Å²) in [7, 11) is 1.44. The number of aryl methyl sites for hydroxylation is 1. The molecule has 2 aromatic heterocycles. The minimum atomic E-state index is -0.746. The normalized spacial score (nSPS) is 11.1. The summed E-state index contributed by atoms with van der Waals surface area (Å²) in [6.07, 6.45) is 1.60. The zero-order chi connectivity index (χ0) is 26.9. The number of aromatic nitrogens is 2. The van der Waals surface area contributed by atoms with Crippen molar-refractivity contribution in [3.05, 3.63) is 69.4 Å². The van der Waals surface area contributed by atoms with E-state index in [9.17, 15) is 23.9 Å². The number of amides is 2. The number of rotatable bonds is 11. The number of hydrogen-bond donors (Lipinski definition) is 3. The van der Waals surface area contributed by atoms with Gasteiger partial charge in [-0.3, -0.25) is 14.6 Å². The Bertz CT molecular complexity index is 1310. The smallest absolute Gasteiger partial charge is 0.406 e. The number of carbonyl (C=O) groups is 2. The van der Waals surface area contributed by atoms with Gasteiger partial charge in [0.15, 0.2) is 5.75 Å². The lowest BCUT2D eigenvalue weighted by atomic mass is 10.1. The van der Waals surface area contributed by atoms with Crippen molar-refractivity contribution < 1.29 is 28.6 Å². The average molecular weight is 515 g/mol. The summed E-state index contributed by atoms with van der Waals surface area (Å²) < 4.78 is 25.0. The van der Waals surface area contributed by atoms with Crippen LogP contribution in [0.5, 0.6) is 5.75 Å². The summed E-state index contributed by atoms with van der Waals surface area (Å²) in [6.45, 7) is 4.25. The molecule has 0 spiro atoms. The molecule has 2 amide bonds. The number of nitrogens with zero attached hydrogens (tertiary/aromatic N) is 2. The quantitative estimate of drug-likeness (QED) is 0.335. The lowest BCUT2D eigenvalue weighted by Crippen LogP contribution is -2.35. The molecule has 37 heavy (non-hydrogen) atoms. The van der Waals surface area contributed by atoms with Crippen LogP contribution >= 0.6 is 0 Å². The van der Waals surface area contributed by atoms with E-state index in [0.717, 1.165) is 11.1 Å². The largest absolute Gasteiger partial charge is 0.505 e. The lowest BCUT2D eigenvalue weighted by Gasteiger charge is -2.16. The number of fused-ring (bicyclic) bond motifs is 1. The van der Waals surface area contributed by atoms with Gasteiger partial charge in [0, 0.05) is 26.3 Å². The highest BCUT2D eigenvalue weighted by atomic mass is 19.1. The maximum atomic E-state index is 13.4. The molecule has 11 heteroatoms. The molecule has 0 aliphatic rings. The van der Waals surface area contributed by atoms with Gasteiger partial charge in [0.25, 0.3) is 11.5 Å². The molecule has 0 bridgehead atoms. The summed E-state index contributed by atoms with van der Waals surface area (Å²) in [5.41, 5.74) is 0.826. The Morgan fingerprint density at radius 2 is 1.89 bits per heavy atom. The maximum absolute atomic E-state index is 13.4. The highest BCUT2D eigenvalue weighted by Crippen LogP contribution is 2.26. The third-order valence-corrected chi connectivity index (χ3v) is 5.49. The maximum Gasteiger partial charge on any atom is 0.406 e. The Hall–Kier alpha value is -3.99. The summed E-state index contributed by atoms with van der Waals surface area (Å²) >= 11 is 0. The number of aromatic hydroxyl groups is 1. The first-order valence-corrected chi connectivity index (χ1v) is 11.9. The van der Waals surface area contributed by atoms with Gasteiger partial charge in [-0.2, -0.15) is 0 Å². The molecule has 0 saturated heterocycles. The van der Waals surface area contributed by atoms with E-state index in [4.69, 9.17) is 9.47 Å². The van der Waals surface area contributed by atoms with Crippen molar-refractivity contribution in [2.45, 2.75) is 39.3 Å². The highest BCUT2D eigenvalue weighted by Gasteiger charge is 2.23. The second-order valence-electron chi connectivity index (χ2n) is 8.61. The van der Waals surface area contributed by atoms with Crippen LogP contribution in [0, 0.1) is 5.82 Å². The molecule has 2 heterocycles. The molecule has 3 rings (SSSR count). The van der Waals surface area contributed by atoms with E-state index >= 15 is 0 Å². The van der Waals surface area contributed by atoms with Crippen LogP contribution in [0.4, 0.5) is 9.18 Å². The molecule has 0 aliphatic heterocycles. The van der Waals surface area contributed by atoms with Crippen molar-refractivity contribution >= 4 is 23.0 Å². The third kappa shape index (κ3) is 7.26. The van der Waals surface area contributed by atoms with E-state index < -0.39 is 28.9 Å². The molecule has 0 fully saturated rings. The Balaban J connectivity index is 1.96. The van der Waals surface area contributed by atoms with E-state index in [1.807, 2.05) is 13.8 Å². The second kappa shape index (κ2) is 12.8. The fourth-order valence-corrected chi connectivity index (χ4v) is 3.72. The number of hydrogen-bond acceptors (Lipinski definition) is 7. The van der Waals surface area contributed by atoms with Crippen molar-refractivity contribution in [2.24, 2.45) is 0 Å². The second-order valence-corrected chi connectivity index (χ2v) is 8.61. The predicted octanol–water partition coefficient (Wildman–Crippen LogP) is 2.73. The van der Waals surface area contributed by atoms with Crippen LogP contribution in [-0.4, -0.2) is 59.6 Å². The first-order chi connectivity index (χ1) is 17.7. The molecular weight excluding hydrogens is 483 g/mol. The molecule has 0 aliphatic carbocycles. The molecule has 1 aromatic carbocycles. The van der Waals surface area contributed by atoms with Crippen molar-refractivity contribution in [1.29, 1.82) is 0 Å². The topological polar surface area (TPSA) is 132 Å². The van der Waals surface area contributed by atoms with Gasteiger partial charge < -0.3 is 29.8 Å². The molecule has 0 unspecified atom stereocenters. The summed E-state index contributed by atoms with van der Waals surface area (Å²) in [5, 5.41) is 15.8. The van der Waals surface area contributed by atoms with Gasteiger partial charge in [-0.15, -0.1) is 0 Å². The Morgan fingerprint density at radius 1 is 1.16 bits per heavy atom. The van der Waals surface area contributed by atoms with Crippen LogP contribution in [-0.2, 0) is 22.4 Å². The minimum Gasteiger partial charge on any atom is -0.505 e. The number of pyridine rings is 2. The van der Waals surface area contributed by atoms with E-state index in [0.29, 0.717) is 11.9 Å². The number of alkyl carbamates (subject to hydrolysis) is 1. The predicted molar refractivity (Wildman–Crippen MR) is 135 cm³/mol. The van der Waals surface area contributed by atoms with E-state index in [1.54, 1.807) is 18.2 Å². The van der Waals surface area contributed by atoms with Gasteiger partial charge >= 0.3 is 6.09 Å². The SMILES string of the molecule is CNC(=O)OCCCn1c(=O)c(C(=O)NCCOC(C)C)c(O)c2ncc(Cc3ccc(F)cc3)cc21. The molecular formula is C26H31FN4O6. The fourth-order valence-electron chi connectivity index (χ4n) is 3.72. The van der Waals surface area contributed by atoms with E-state index in [1.165, 1.54) is 29.9 Å². The standard InChI is InChI=1S/C26H31FN4O6/c1-16(2)36-12-9-29-24(33)21-23(32)22-20(31(25(21)34)10-4-11-37-26(35)28-3)14-18(15-30-22)13-17-5-7-19(27)8-6-17/h5-8,14-16,32H,4,9-13H2,1-3H3,(H,28,35)(H,29,33). The van der Waals surface area contributed by atoms with Crippen molar-refractivity contribution in [3.63, 3.8) is 0 Å². The van der Waals surface area contributed by atoms with Crippen molar-refractivity contribution in [3.8, 4) is 5.75 Å². The van der Waals surface area contributed by atoms with Crippen LogP contribution in [0.15, 0.2) is 41.3 Å². The Labute approximate surface area is 213 Å². The fraction of sp³-hybridized carbons (Fsp3) is 0.385. The van der Waals surface area contributed by atoms with Crippen LogP contribution in [0.2, 0.25) is 0 Å². The van der Waals surface area contributed by atoms with Gasteiger partial charge in [0.05, 0.1) is 24.8 Å². The van der Waals surface area contributed by atoms with Gasteiger partial charge in [0.2, 0.25) is 0 Å². The lowest BCUT2D eigenvalue weighted by molar-refractivity contribution is 0.0745. The number of halogens is 1. The molecule has 0 atom stereocenters. The summed E-state index contributed by atoms with van der Waals surface area (Å²) in [4.78, 5) is 42.0. The summed E-state index contributed by atoms with van der Waals surface area (Å²) in [6, 6.07) is 7.71. The summed E-state index contributed by atoms with van der Waals surface area (Å²) in [5.74, 6) is -1.61. The molecule has 3 aromatic rings. The zero-order valence-electron chi connectivity index (χ0n) is 21.0. The molecule has 3 N–H and O–H groups in total. The Morgan fingerprint density at radius 3 is 2.57 bits per heavy atom. The number of nitrogens with one attached hydrogen (secondary N) is 2. The molecule has 198 valence electrons. The average Bonchev–Trinajstić information content (AvgIpc) is 2.87. The highest BCUT2D eigenvalue weighted by molar-refractivity contribution is 6.01. The van der Waals surface area contributed by atoms with Gasteiger partial charge in [-0.25, -0.2) is 9.18 Å². The molecule has 10 nitrogen and oxygen atoms in total. The molecule has 0 radical (unpaired) electrons. The van der Waals surface area contributed by atoms with Crippen molar-refractivity contribution in [1.82, 2.24) is 20.2 Å².